The van der Waals surface area contributed by atoms with Gasteiger partial charge in [0.15, 0.2) is 6.10 Å². The first-order chi connectivity index (χ1) is 26.3. The van der Waals surface area contributed by atoms with Gasteiger partial charge in [-0.1, -0.05) is 221 Å². The van der Waals surface area contributed by atoms with E-state index in [1.807, 2.05) is 0 Å². The first-order valence-corrected chi connectivity index (χ1v) is 23.8. The van der Waals surface area contributed by atoms with Crippen LogP contribution in [0.1, 0.15) is 259 Å². The van der Waals surface area contributed by atoms with Crippen LogP contribution in [0.25, 0.3) is 0 Å². The van der Waals surface area contributed by atoms with Crippen molar-refractivity contribution in [3.63, 3.8) is 0 Å². The Balaban J connectivity index is 4.31. The van der Waals surface area contributed by atoms with Crippen LogP contribution >= 0.6 is 0 Å². The van der Waals surface area contributed by atoms with Gasteiger partial charge in [0.05, 0.1) is 0 Å². The number of esters is 3. The van der Waals surface area contributed by atoms with E-state index in [-0.39, 0.29) is 31.1 Å². The molecule has 0 aromatic carbocycles. The summed E-state index contributed by atoms with van der Waals surface area (Å²) in [5.41, 5.74) is 0. The van der Waals surface area contributed by atoms with Crippen LogP contribution in [0.5, 0.6) is 0 Å². The van der Waals surface area contributed by atoms with Crippen LogP contribution in [-0.4, -0.2) is 37.2 Å². The fourth-order valence-electron chi connectivity index (χ4n) is 7.07. The van der Waals surface area contributed by atoms with E-state index in [1.165, 1.54) is 148 Å². The van der Waals surface area contributed by atoms with Gasteiger partial charge in [-0.3, -0.25) is 14.4 Å². The van der Waals surface area contributed by atoms with Crippen molar-refractivity contribution in [1.29, 1.82) is 0 Å². The molecular formula is C48H92O6. The second-order valence-corrected chi connectivity index (χ2v) is 17.1. The minimum Gasteiger partial charge on any atom is -0.462 e. The molecule has 320 valence electrons. The lowest BCUT2D eigenvalue weighted by Gasteiger charge is -2.18. The average molecular weight is 765 g/mol. The number of hydrogen-bond donors (Lipinski definition) is 0. The van der Waals surface area contributed by atoms with Crippen LogP contribution in [-0.2, 0) is 28.6 Å². The quantitative estimate of drug-likeness (QED) is 0.0350. The topological polar surface area (TPSA) is 78.9 Å². The number of carbonyl (C=O) groups is 3. The Morgan fingerprint density at radius 2 is 0.704 bits per heavy atom. The molecule has 0 rings (SSSR count). The standard InChI is InChI=1S/C48H92O6/c1-6-8-9-10-11-16-23-28-33-38-46(49)52-41-45(42-53-47(50)39-34-29-24-20-19-22-27-32-37-44(5)7-2)54-48(51)40-35-30-25-18-15-13-12-14-17-21-26-31-36-43(3)4/h43-45H,6-42H2,1-5H3/t44?,45-/m0/s1. The molecule has 0 aromatic heterocycles. The largest absolute Gasteiger partial charge is 0.462 e. The van der Waals surface area contributed by atoms with Crippen LogP contribution in [0.4, 0.5) is 0 Å². The maximum atomic E-state index is 12.7. The molecule has 0 radical (unpaired) electrons. The maximum absolute atomic E-state index is 12.7. The number of unbranched alkanes of at least 4 members (excludes halogenated alkanes) is 26. The molecule has 0 aliphatic carbocycles. The highest BCUT2D eigenvalue weighted by atomic mass is 16.6. The molecule has 54 heavy (non-hydrogen) atoms. The lowest BCUT2D eigenvalue weighted by molar-refractivity contribution is -0.167. The zero-order valence-electron chi connectivity index (χ0n) is 36.8. The van der Waals surface area contributed by atoms with Gasteiger partial charge in [0.1, 0.15) is 13.2 Å². The lowest BCUT2D eigenvalue weighted by atomic mass is 9.99. The summed E-state index contributed by atoms with van der Waals surface area (Å²) in [6, 6.07) is 0. The van der Waals surface area contributed by atoms with Crippen LogP contribution in [0, 0.1) is 11.8 Å². The third-order valence-electron chi connectivity index (χ3n) is 11.1. The van der Waals surface area contributed by atoms with E-state index in [2.05, 4.69) is 34.6 Å². The zero-order valence-corrected chi connectivity index (χ0v) is 36.8. The summed E-state index contributed by atoms with van der Waals surface area (Å²) in [7, 11) is 0. The van der Waals surface area contributed by atoms with Crippen molar-refractivity contribution in [2.75, 3.05) is 13.2 Å². The Labute approximate surface area is 336 Å². The average Bonchev–Trinajstić information content (AvgIpc) is 3.15. The highest BCUT2D eigenvalue weighted by molar-refractivity contribution is 5.71. The van der Waals surface area contributed by atoms with Gasteiger partial charge in [0.2, 0.25) is 0 Å². The zero-order chi connectivity index (χ0) is 39.7. The molecule has 0 saturated carbocycles. The van der Waals surface area contributed by atoms with Crippen molar-refractivity contribution in [2.45, 2.75) is 265 Å². The monoisotopic (exact) mass is 765 g/mol. The van der Waals surface area contributed by atoms with E-state index < -0.39 is 6.10 Å². The Bertz CT molecular complexity index is 826. The molecule has 0 heterocycles. The molecule has 0 fully saturated rings. The summed E-state index contributed by atoms with van der Waals surface area (Å²) in [5.74, 6) is 0.822. The highest BCUT2D eigenvalue weighted by Gasteiger charge is 2.19. The van der Waals surface area contributed by atoms with Crippen LogP contribution in [0.3, 0.4) is 0 Å². The lowest BCUT2D eigenvalue weighted by Crippen LogP contribution is -2.30. The van der Waals surface area contributed by atoms with Gasteiger partial charge < -0.3 is 14.2 Å². The molecule has 0 saturated heterocycles. The fourth-order valence-corrected chi connectivity index (χ4v) is 7.07. The summed E-state index contributed by atoms with van der Waals surface area (Å²) in [4.78, 5) is 37.7. The molecule has 6 nitrogen and oxygen atoms in total. The number of hydrogen-bond acceptors (Lipinski definition) is 6. The second kappa shape index (κ2) is 41.1. The summed E-state index contributed by atoms with van der Waals surface area (Å²) in [5, 5.41) is 0. The van der Waals surface area contributed by atoms with E-state index >= 15 is 0 Å². The van der Waals surface area contributed by atoms with Crippen LogP contribution < -0.4 is 0 Å². The molecule has 0 aliphatic heterocycles. The summed E-state index contributed by atoms with van der Waals surface area (Å²) < 4.78 is 16.7. The van der Waals surface area contributed by atoms with Gasteiger partial charge in [-0.15, -0.1) is 0 Å². The first-order valence-electron chi connectivity index (χ1n) is 23.8. The Kier molecular flexibility index (Phi) is 39.8. The van der Waals surface area contributed by atoms with Crippen molar-refractivity contribution in [3.8, 4) is 0 Å². The van der Waals surface area contributed by atoms with E-state index in [4.69, 9.17) is 14.2 Å². The fraction of sp³-hybridized carbons (Fsp3) is 0.938. The van der Waals surface area contributed by atoms with Crippen LogP contribution in [0.15, 0.2) is 0 Å². The van der Waals surface area contributed by atoms with Gasteiger partial charge >= 0.3 is 17.9 Å². The van der Waals surface area contributed by atoms with E-state index in [0.717, 1.165) is 69.6 Å². The summed E-state index contributed by atoms with van der Waals surface area (Å²) >= 11 is 0. The molecule has 0 amide bonds. The second-order valence-electron chi connectivity index (χ2n) is 17.1. The molecule has 0 aliphatic rings. The first kappa shape index (κ1) is 52.4. The van der Waals surface area contributed by atoms with Crippen molar-refractivity contribution >= 4 is 17.9 Å². The van der Waals surface area contributed by atoms with Gasteiger partial charge in [-0.25, -0.2) is 0 Å². The summed E-state index contributed by atoms with van der Waals surface area (Å²) in [6.07, 6.45) is 39.4. The molecule has 1 unspecified atom stereocenters. The third kappa shape index (κ3) is 40.1. The van der Waals surface area contributed by atoms with Gasteiger partial charge in [0.25, 0.3) is 0 Å². The highest BCUT2D eigenvalue weighted by Crippen LogP contribution is 2.17. The number of carbonyl (C=O) groups excluding carboxylic acids is 3. The van der Waals surface area contributed by atoms with Crippen molar-refractivity contribution in [1.82, 2.24) is 0 Å². The Morgan fingerprint density at radius 3 is 1.06 bits per heavy atom. The van der Waals surface area contributed by atoms with Gasteiger partial charge in [0, 0.05) is 19.3 Å². The molecule has 0 N–H and O–H groups in total. The number of ether oxygens (including phenoxy) is 3. The minimum absolute atomic E-state index is 0.0649. The Morgan fingerprint density at radius 1 is 0.389 bits per heavy atom. The van der Waals surface area contributed by atoms with Gasteiger partial charge in [-0.2, -0.15) is 0 Å². The smallest absolute Gasteiger partial charge is 0.306 e. The van der Waals surface area contributed by atoms with Crippen LogP contribution in [0.2, 0.25) is 0 Å². The normalized spacial score (nSPS) is 12.6. The predicted octanol–water partition coefficient (Wildman–Crippen LogP) is 15.0. The van der Waals surface area contributed by atoms with E-state index in [1.54, 1.807) is 0 Å². The SMILES string of the molecule is CCCCCCCCCCCC(=O)OC[C@@H](COC(=O)CCCCCCCCCCC(C)CC)OC(=O)CCCCCCCCCCCCCCC(C)C. The predicted molar refractivity (Wildman–Crippen MR) is 229 cm³/mol. The summed E-state index contributed by atoms with van der Waals surface area (Å²) in [6.45, 7) is 11.3. The van der Waals surface area contributed by atoms with Crippen molar-refractivity contribution < 1.29 is 28.6 Å². The Hall–Kier alpha value is -1.59. The van der Waals surface area contributed by atoms with Gasteiger partial charge in [-0.05, 0) is 31.1 Å². The van der Waals surface area contributed by atoms with Crippen molar-refractivity contribution in [3.05, 3.63) is 0 Å². The maximum Gasteiger partial charge on any atom is 0.306 e. The molecular weight excluding hydrogens is 673 g/mol. The van der Waals surface area contributed by atoms with E-state index in [9.17, 15) is 14.4 Å². The molecule has 2 atom stereocenters. The molecule has 6 heteroatoms. The molecule has 0 spiro atoms. The molecule has 0 aromatic rings. The third-order valence-corrected chi connectivity index (χ3v) is 11.1. The number of rotatable bonds is 42. The van der Waals surface area contributed by atoms with Crippen molar-refractivity contribution in [2.24, 2.45) is 11.8 Å². The molecule has 0 bridgehead atoms. The minimum atomic E-state index is -0.760. The van der Waals surface area contributed by atoms with E-state index in [0.29, 0.717) is 19.3 Å².